The van der Waals surface area contributed by atoms with Crippen LogP contribution < -0.4 is 5.32 Å². The van der Waals surface area contributed by atoms with E-state index >= 15 is 0 Å². The zero-order chi connectivity index (χ0) is 17.6. The second-order valence-electron chi connectivity index (χ2n) is 7.98. The first-order chi connectivity index (χ1) is 12.0. The van der Waals surface area contributed by atoms with Gasteiger partial charge in [-0.15, -0.1) is 11.3 Å². The number of carbonyl (C=O) groups excluding carboxylic acids is 1. The van der Waals surface area contributed by atoms with E-state index in [0.29, 0.717) is 12.3 Å². The van der Waals surface area contributed by atoms with Crippen molar-refractivity contribution >= 4 is 22.4 Å². The fourth-order valence-electron chi connectivity index (χ4n) is 4.73. The van der Waals surface area contributed by atoms with Crippen LogP contribution in [-0.2, 0) is 4.79 Å². The van der Waals surface area contributed by atoms with Crippen molar-refractivity contribution in [2.75, 3.05) is 5.32 Å². The number of thiazole rings is 1. The number of rotatable bonds is 4. The molecule has 2 aromatic rings. The molecule has 3 atom stereocenters. The van der Waals surface area contributed by atoms with E-state index in [1.807, 2.05) is 5.38 Å². The maximum atomic E-state index is 12.4. The van der Waals surface area contributed by atoms with Crippen LogP contribution in [0.2, 0.25) is 0 Å². The number of aromatic nitrogens is 1. The summed E-state index contributed by atoms with van der Waals surface area (Å²) in [6.45, 7) is 6.38. The molecule has 0 aliphatic heterocycles. The maximum absolute atomic E-state index is 12.4. The monoisotopic (exact) mass is 354 g/mol. The summed E-state index contributed by atoms with van der Waals surface area (Å²) in [6, 6.07) is 4.40. The van der Waals surface area contributed by atoms with E-state index in [0.717, 1.165) is 28.2 Å². The topological polar surface area (TPSA) is 42.0 Å². The summed E-state index contributed by atoms with van der Waals surface area (Å²) >= 11 is 1.52. The number of hydrogen-bond donors (Lipinski definition) is 1. The summed E-state index contributed by atoms with van der Waals surface area (Å²) in [6.07, 6.45) is 5.98. The highest BCUT2D eigenvalue weighted by Crippen LogP contribution is 2.49. The number of benzene rings is 1. The molecule has 3 nitrogen and oxygen atoms in total. The van der Waals surface area contributed by atoms with E-state index in [2.05, 4.69) is 43.2 Å². The van der Waals surface area contributed by atoms with E-state index in [4.69, 9.17) is 0 Å². The van der Waals surface area contributed by atoms with Crippen molar-refractivity contribution in [3.8, 4) is 11.3 Å². The van der Waals surface area contributed by atoms with Crippen LogP contribution in [0, 0.1) is 38.5 Å². The highest BCUT2D eigenvalue weighted by atomic mass is 32.1. The Morgan fingerprint density at radius 3 is 2.68 bits per heavy atom. The lowest BCUT2D eigenvalue weighted by Crippen LogP contribution is -2.20. The van der Waals surface area contributed by atoms with Crippen LogP contribution in [0.4, 0.5) is 5.13 Å². The van der Waals surface area contributed by atoms with Gasteiger partial charge in [-0.1, -0.05) is 12.5 Å². The molecule has 1 aromatic heterocycles. The van der Waals surface area contributed by atoms with Gasteiger partial charge in [-0.3, -0.25) is 4.79 Å². The quantitative estimate of drug-likeness (QED) is 0.787. The van der Waals surface area contributed by atoms with Gasteiger partial charge in [-0.05, 0) is 80.5 Å². The molecule has 1 N–H and O–H groups in total. The van der Waals surface area contributed by atoms with E-state index in [-0.39, 0.29) is 5.91 Å². The lowest BCUT2D eigenvalue weighted by molar-refractivity contribution is -0.117. The van der Waals surface area contributed by atoms with Gasteiger partial charge in [-0.25, -0.2) is 4.98 Å². The molecule has 0 spiro atoms. The van der Waals surface area contributed by atoms with Gasteiger partial charge < -0.3 is 5.32 Å². The zero-order valence-electron chi connectivity index (χ0n) is 15.3. The van der Waals surface area contributed by atoms with Crippen molar-refractivity contribution in [3.63, 3.8) is 0 Å². The van der Waals surface area contributed by atoms with Crippen LogP contribution in [0.15, 0.2) is 17.5 Å². The normalized spacial score (nSPS) is 24.7. The van der Waals surface area contributed by atoms with Gasteiger partial charge in [0.05, 0.1) is 5.69 Å². The SMILES string of the molecule is Cc1cc(C)c(-c2csc(NC(=O)C[C@@H]3C[C@@H]4CC[C@@H]3C4)n2)cc1C. The average molecular weight is 355 g/mol. The molecule has 0 saturated heterocycles. The smallest absolute Gasteiger partial charge is 0.226 e. The Balaban J connectivity index is 1.43. The number of fused-ring (bicyclic) bond motifs is 2. The molecule has 1 amide bonds. The van der Waals surface area contributed by atoms with Crippen LogP contribution in [0.5, 0.6) is 0 Å². The molecule has 2 aliphatic rings. The Morgan fingerprint density at radius 1 is 1.16 bits per heavy atom. The number of amides is 1. The Hall–Kier alpha value is -1.68. The predicted octanol–water partition coefficient (Wildman–Crippen LogP) is 5.50. The summed E-state index contributed by atoms with van der Waals surface area (Å²) in [4.78, 5) is 17.1. The third-order valence-corrected chi connectivity index (χ3v) is 6.96. The maximum Gasteiger partial charge on any atom is 0.226 e. The highest BCUT2D eigenvalue weighted by molar-refractivity contribution is 7.14. The first kappa shape index (κ1) is 16.8. The minimum atomic E-state index is 0.134. The Labute approximate surface area is 153 Å². The Morgan fingerprint density at radius 2 is 1.96 bits per heavy atom. The third-order valence-electron chi connectivity index (χ3n) is 6.20. The van der Waals surface area contributed by atoms with Crippen LogP contribution in [0.1, 0.15) is 48.8 Å². The number of aryl methyl sites for hydroxylation is 3. The Kier molecular flexibility index (Phi) is 4.40. The molecule has 4 rings (SSSR count). The van der Waals surface area contributed by atoms with Crippen molar-refractivity contribution < 1.29 is 4.79 Å². The van der Waals surface area contributed by atoms with Gasteiger partial charge in [0.2, 0.25) is 5.91 Å². The van der Waals surface area contributed by atoms with Crippen molar-refractivity contribution in [1.29, 1.82) is 0 Å². The summed E-state index contributed by atoms with van der Waals surface area (Å²) < 4.78 is 0. The van der Waals surface area contributed by atoms with Gasteiger partial charge in [0.1, 0.15) is 0 Å². The lowest BCUT2D eigenvalue weighted by Gasteiger charge is -2.20. The molecule has 1 heterocycles. The number of anilines is 1. The minimum Gasteiger partial charge on any atom is -0.302 e. The Bertz CT molecular complexity index is 810. The largest absolute Gasteiger partial charge is 0.302 e. The molecule has 2 aliphatic carbocycles. The molecule has 2 fully saturated rings. The molecule has 0 radical (unpaired) electrons. The highest BCUT2D eigenvalue weighted by Gasteiger charge is 2.40. The second kappa shape index (κ2) is 6.56. The summed E-state index contributed by atoms with van der Waals surface area (Å²) in [5.74, 6) is 2.42. The first-order valence-corrected chi connectivity index (χ1v) is 10.2. The van der Waals surface area contributed by atoms with Gasteiger partial charge in [0.25, 0.3) is 0 Å². The molecule has 4 heteroatoms. The molecule has 2 saturated carbocycles. The summed E-state index contributed by atoms with van der Waals surface area (Å²) in [5, 5.41) is 5.80. The minimum absolute atomic E-state index is 0.134. The van der Waals surface area contributed by atoms with Crippen LogP contribution in [0.3, 0.4) is 0 Å². The van der Waals surface area contributed by atoms with Gasteiger partial charge in [0.15, 0.2) is 5.13 Å². The predicted molar refractivity (Wildman–Crippen MR) is 104 cm³/mol. The summed E-state index contributed by atoms with van der Waals surface area (Å²) in [7, 11) is 0. The van der Waals surface area contributed by atoms with E-state index < -0.39 is 0 Å². The van der Waals surface area contributed by atoms with Crippen LogP contribution >= 0.6 is 11.3 Å². The van der Waals surface area contributed by atoms with Crippen molar-refractivity contribution in [1.82, 2.24) is 4.98 Å². The summed E-state index contributed by atoms with van der Waals surface area (Å²) in [5.41, 5.74) is 5.92. The molecule has 25 heavy (non-hydrogen) atoms. The number of nitrogens with one attached hydrogen (secondary N) is 1. The van der Waals surface area contributed by atoms with Crippen LogP contribution in [-0.4, -0.2) is 10.9 Å². The van der Waals surface area contributed by atoms with Crippen molar-refractivity contribution in [2.45, 2.75) is 52.9 Å². The van der Waals surface area contributed by atoms with E-state index in [9.17, 15) is 4.79 Å². The third kappa shape index (κ3) is 3.37. The lowest BCUT2D eigenvalue weighted by atomic mass is 9.86. The van der Waals surface area contributed by atoms with Gasteiger partial charge >= 0.3 is 0 Å². The standard InChI is InChI=1S/C21H26N2OS/c1-12-6-14(3)18(7-13(12)2)19-11-25-21(22-19)23-20(24)10-17-9-15-4-5-16(17)8-15/h6-7,11,15-17H,4-5,8-10H2,1-3H3,(H,22,23,24)/t15-,16-,17+/m1/s1. The molecule has 0 unspecified atom stereocenters. The fraction of sp³-hybridized carbons (Fsp3) is 0.524. The van der Waals surface area contributed by atoms with Gasteiger partial charge in [0, 0.05) is 17.4 Å². The van der Waals surface area contributed by atoms with Crippen LogP contribution in [0.25, 0.3) is 11.3 Å². The number of nitrogens with zero attached hydrogens (tertiary/aromatic N) is 1. The van der Waals surface area contributed by atoms with E-state index in [1.54, 1.807) is 0 Å². The first-order valence-electron chi connectivity index (χ1n) is 9.33. The molecule has 1 aromatic carbocycles. The van der Waals surface area contributed by atoms with E-state index in [1.165, 1.54) is 53.7 Å². The molecule has 132 valence electrons. The molecular formula is C21H26N2OS. The zero-order valence-corrected chi connectivity index (χ0v) is 16.1. The van der Waals surface area contributed by atoms with Gasteiger partial charge in [-0.2, -0.15) is 0 Å². The number of carbonyl (C=O) groups is 1. The molecular weight excluding hydrogens is 328 g/mol. The second-order valence-corrected chi connectivity index (χ2v) is 8.83. The average Bonchev–Trinajstić information content (AvgIpc) is 3.27. The van der Waals surface area contributed by atoms with Crippen molar-refractivity contribution in [3.05, 3.63) is 34.2 Å². The fourth-order valence-corrected chi connectivity index (χ4v) is 5.45. The van der Waals surface area contributed by atoms with Crippen molar-refractivity contribution in [2.24, 2.45) is 17.8 Å². The number of hydrogen-bond acceptors (Lipinski definition) is 3. The molecule has 2 bridgehead atoms.